The van der Waals surface area contributed by atoms with Crippen molar-refractivity contribution < 1.29 is 9.13 Å². The predicted octanol–water partition coefficient (Wildman–Crippen LogP) is 7.71. The van der Waals surface area contributed by atoms with Crippen LogP contribution in [0.4, 0.5) is 4.39 Å². The third-order valence-electron chi connectivity index (χ3n) is 7.61. The van der Waals surface area contributed by atoms with Crippen molar-refractivity contribution >= 4 is 16.3 Å². The van der Waals surface area contributed by atoms with Crippen LogP contribution in [-0.4, -0.2) is 25.4 Å². The maximum Gasteiger partial charge on any atom is 0.149 e. The molecule has 3 aliphatic rings. The van der Waals surface area contributed by atoms with E-state index in [1.165, 1.54) is 16.7 Å². The second kappa shape index (κ2) is 10.7. The Morgan fingerprint density at radius 3 is 2.94 bits per heavy atom. The second-order valence-corrected chi connectivity index (χ2v) is 9.78. The molecule has 178 valence electrons. The summed E-state index contributed by atoms with van der Waals surface area (Å²) in [5.74, 6) is 1.31. The highest BCUT2D eigenvalue weighted by atomic mass is 19.1. The maximum absolute atomic E-state index is 14.7. The molecule has 0 spiro atoms. The van der Waals surface area contributed by atoms with Crippen LogP contribution < -0.4 is 10.1 Å². The molecule has 34 heavy (non-hydrogen) atoms. The average Bonchev–Trinajstić information content (AvgIpc) is 3.01. The van der Waals surface area contributed by atoms with E-state index in [1.807, 2.05) is 12.1 Å². The molecule has 1 saturated heterocycles. The van der Waals surface area contributed by atoms with Gasteiger partial charge < -0.3 is 10.1 Å². The van der Waals surface area contributed by atoms with Gasteiger partial charge >= 0.3 is 0 Å². The monoisotopic (exact) mass is 457 g/mol. The van der Waals surface area contributed by atoms with Crippen LogP contribution in [-0.2, 0) is 0 Å². The minimum Gasteiger partial charge on any atom is -0.487 e. The number of benzene rings is 2. The van der Waals surface area contributed by atoms with Gasteiger partial charge in [-0.05, 0) is 85.7 Å². The van der Waals surface area contributed by atoms with Crippen molar-refractivity contribution in [1.82, 2.24) is 5.32 Å². The summed E-state index contributed by atoms with van der Waals surface area (Å²) in [5.41, 5.74) is 5.80. The van der Waals surface area contributed by atoms with Crippen LogP contribution in [0, 0.1) is 5.92 Å². The first kappa shape index (κ1) is 23.1. The molecule has 2 aliphatic carbocycles. The molecule has 0 amide bonds. The molecule has 0 saturated carbocycles. The van der Waals surface area contributed by atoms with Gasteiger partial charge in [-0.3, -0.25) is 0 Å². The van der Waals surface area contributed by atoms with Crippen LogP contribution >= 0.6 is 0 Å². The standard InChI is InChI=1S/C31H36FNO/c1-2-22-10-5-11-23-8-3-4-9-24(23)17-18-27(22)26-16-15-25-12-6-13-30(28(25)20-26)34-31-14-7-19-33-21-29(31)32/h3-4,6,8-9,11-13,15-16,20,24,29,31,33H,2,5,7,10,14,17-19,21H2,1H3. The van der Waals surface area contributed by atoms with E-state index in [2.05, 4.69) is 66.9 Å². The summed E-state index contributed by atoms with van der Waals surface area (Å²) < 4.78 is 21.0. The van der Waals surface area contributed by atoms with Crippen molar-refractivity contribution in [3.8, 4) is 5.75 Å². The van der Waals surface area contributed by atoms with Crippen LogP contribution in [0.3, 0.4) is 0 Å². The molecule has 3 unspecified atom stereocenters. The van der Waals surface area contributed by atoms with E-state index in [0.29, 0.717) is 12.5 Å². The van der Waals surface area contributed by atoms with E-state index in [-0.39, 0.29) is 0 Å². The third-order valence-corrected chi connectivity index (χ3v) is 7.61. The van der Waals surface area contributed by atoms with Gasteiger partial charge in [0.05, 0.1) is 0 Å². The Balaban J connectivity index is 1.48. The molecule has 5 rings (SSSR count). The van der Waals surface area contributed by atoms with Crippen molar-refractivity contribution in [1.29, 1.82) is 0 Å². The van der Waals surface area contributed by atoms with Crippen LogP contribution in [0.2, 0.25) is 0 Å². The lowest BCUT2D eigenvalue weighted by molar-refractivity contribution is 0.102. The number of rotatable bonds is 4. The average molecular weight is 458 g/mol. The SMILES string of the molecule is CCC1=C(c2ccc3cccc(OC4CCCNCC4F)c3c2)CCC2C=CC=CC2=CCC1. The molecule has 2 nitrogen and oxygen atoms in total. The molecular weight excluding hydrogens is 421 g/mol. The smallest absolute Gasteiger partial charge is 0.149 e. The second-order valence-electron chi connectivity index (χ2n) is 9.78. The number of fused-ring (bicyclic) bond motifs is 2. The molecule has 1 fully saturated rings. The topological polar surface area (TPSA) is 21.3 Å². The zero-order valence-electron chi connectivity index (χ0n) is 20.2. The van der Waals surface area contributed by atoms with E-state index in [1.54, 1.807) is 5.57 Å². The highest BCUT2D eigenvalue weighted by Crippen LogP contribution is 2.37. The van der Waals surface area contributed by atoms with Gasteiger partial charge in [-0.25, -0.2) is 4.39 Å². The fourth-order valence-electron chi connectivity index (χ4n) is 5.67. The van der Waals surface area contributed by atoms with Gasteiger partial charge in [0, 0.05) is 17.8 Å². The Morgan fingerprint density at radius 2 is 2.03 bits per heavy atom. The summed E-state index contributed by atoms with van der Waals surface area (Å²) in [5, 5.41) is 5.41. The molecule has 3 heteroatoms. The summed E-state index contributed by atoms with van der Waals surface area (Å²) in [6.45, 7) is 3.51. The summed E-state index contributed by atoms with van der Waals surface area (Å²) in [7, 11) is 0. The van der Waals surface area contributed by atoms with Crippen LogP contribution in [0.15, 0.2) is 77.9 Å². The highest BCUT2D eigenvalue weighted by molar-refractivity contribution is 5.91. The third kappa shape index (κ3) is 5.05. The minimum atomic E-state index is -0.982. The fourth-order valence-corrected chi connectivity index (χ4v) is 5.67. The molecule has 3 atom stereocenters. The van der Waals surface area contributed by atoms with Crippen molar-refractivity contribution in [2.45, 2.75) is 64.1 Å². The van der Waals surface area contributed by atoms with Crippen molar-refractivity contribution in [2.75, 3.05) is 13.1 Å². The fraction of sp³-hybridized carbons (Fsp3) is 0.419. The number of hydrogen-bond acceptors (Lipinski definition) is 2. The van der Waals surface area contributed by atoms with E-state index in [4.69, 9.17) is 4.74 Å². The maximum atomic E-state index is 14.7. The van der Waals surface area contributed by atoms with Gasteiger partial charge in [0.2, 0.25) is 0 Å². The Bertz CT molecular complexity index is 1140. The molecule has 1 heterocycles. The summed E-state index contributed by atoms with van der Waals surface area (Å²) >= 11 is 0. The lowest BCUT2D eigenvalue weighted by Gasteiger charge is -2.22. The first-order valence-electron chi connectivity index (χ1n) is 13.0. The van der Waals surface area contributed by atoms with Gasteiger partial charge in [-0.15, -0.1) is 0 Å². The zero-order chi connectivity index (χ0) is 23.3. The summed E-state index contributed by atoms with van der Waals surface area (Å²) in [6, 6.07) is 12.9. The molecule has 2 aromatic carbocycles. The van der Waals surface area contributed by atoms with E-state index < -0.39 is 12.3 Å². The van der Waals surface area contributed by atoms with Crippen LogP contribution in [0.25, 0.3) is 16.3 Å². The van der Waals surface area contributed by atoms with Gasteiger partial charge in [-0.2, -0.15) is 0 Å². The Morgan fingerprint density at radius 1 is 1.09 bits per heavy atom. The van der Waals surface area contributed by atoms with Gasteiger partial charge in [0.1, 0.15) is 18.0 Å². The number of nitrogens with one attached hydrogen (secondary N) is 1. The number of halogens is 1. The van der Waals surface area contributed by atoms with E-state index in [0.717, 1.165) is 68.0 Å². The number of ether oxygens (including phenoxy) is 1. The molecule has 0 bridgehead atoms. The van der Waals surface area contributed by atoms with Crippen molar-refractivity contribution in [3.05, 3.63) is 83.5 Å². The first-order valence-corrected chi connectivity index (χ1v) is 13.0. The Kier molecular flexibility index (Phi) is 7.30. The quantitative estimate of drug-likeness (QED) is 0.507. The largest absolute Gasteiger partial charge is 0.487 e. The Labute approximate surface area is 203 Å². The zero-order valence-corrected chi connectivity index (χ0v) is 20.2. The van der Waals surface area contributed by atoms with Gasteiger partial charge in [-0.1, -0.05) is 67.1 Å². The van der Waals surface area contributed by atoms with E-state index >= 15 is 0 Å². The van der Waals surface area contributed by atoms with Gasteiger partial charge in [0.25, 0.3) is 0 Å². The molecule has 0 aromatic heterocycles. The summed E-state index contributed by atoms with van der Waals surface area (Å²) in [4.78, 5) is 0. The van der Waals surface area contributed by atoms with Crippen molar-refractivity contribution in [3.63, 3.8) is 0 Å². The highest BCUT2D eigenvalue weighted by Gasteiger charge is 2.25. The lowest BCUT2D eigenvalue weighted by Crippen LogP contribution is -2.33. The van der Waals surface area contributed by atoms with E-state index in [9.17, 15) is 4.39 Å². The van der Waals surface area contributed by atoms with Gasteiger partial charge in [0.15, 0.2) is 0 Å². The Hall–Kier alpha value is -2.65. The number of hydrogen-bond donors (Lipinski definition) is 1. The molecule has 1 aliphatic heterocycles. The molecular formula is C31H36FNO. The minimum absolute atomic E-state index is 0.369. The molecule has 0 radical (unpaired) electrons. The number of alkyl halides is 1. The number of allylic oxidation sites excluding steroid dienone is 8. The first-order chi connectivity index (χ1) is 16.7. The van der Waals surface area contributed by atoms with Crippen LogP contribution in [0.1, 0.15) is 57.4 Å². The summed E-state index contributed by atoms with van der Waals surface area (Å²) in [6.07, 6.45) is 17.2. The molecule has 1 N–H and O–H groups in total. The normalized spacial score (nSPS) is 25.7. The predicted molar refractivity (Wildman–Crippen MR) is 141 cm³/mol. The van der Waals surface area contributed by atoms with Crippen LogP contribution in [0.5, 0.6) is 5.75 Å². The van der Waals surface area contributed by atoms with Crippen molar-refractivity contribution in [2.24, 2.45) is 5.92 Å². The molecule has 2 aromatic rings. The lowest BCUT2D eigenvalue weighted by atomic mass is 9.86.